The highest BCUT2D eigenvalue weighted by Crippen LogP contribution is 2.23. The van der Waals surface area contributed by atoms with E-state index in [1.807, 2.05) is 6.07 Å². The van der Waals surface area contributed by atoms with Gasteiger partial charge in [0.2, 0.25) is 5.91 Å². The Hall–Kier alpha value is -2.58. The first-order valence-corrected chi connectivity index (χ1v) is 9.59. The van der Waals surface area contributed by atoms with Crippen LogP contribution in [0.15, 0.2) is 47.4 Å². The first kappa shape index (κ1) is 19.2. The molecule has 0 radical (unpaired) electrons. The van der Waals surface area contributed by atoms with Crippen LogP contribution in [0.2, 0.25) is 0 Å². The minimum atomic E-state index is -1.60. The van der Waals surface area contributed by atoms with E-state index in [0.29, 0.717) is 24.4 Å². The van der Waals surface area contributed by atoms with Crippen molar-refractivity contribution in [2.75, 3.05) is 13.1 Å². The highest BCUT2D eigenvalue weighted by Gasteiger charge is 2.23. The molecular formula is C19H19FN2O4S. The number of rotatable bonds is 6. The normalized spacial score (nSPS) is 14.5. The van der Waals surface area contributed by atoms with Gasteiger partial charge in [-0.1, -0.05) is 18.2 Å². The minimum Gasteiger partial charge on any atom is -0.481 e. The number of carbonyl (C=O) groups excluding carboxylic acids is 1. The van der Waals surface area contributed by atoms with E-state index in [1.165, 1.54) is 24.3 Å². The number of carboxylic acids is 1. The van der Waals surface area contributed by atoms with E-state index < -0.39 is 22.8 Å². The molecule has 0 saturated heterocycles. The van der Waals surface area contributed by atoms with Gasteiger partial charge in [-0.05, 0) is 47.4 Å². The summed E-state index contributed by atoms with van der Waals surface area (Å²) in [4.78, 5) is 25.5. The van der Waals surface area contributed by atoms with Gasteiger partial charge in [0, 0.05) is 13.1 Å². The van der Waals surface area contributed by atoms with Gasteiger partial charge in [-0.15, -0.1) is 0 Å². The molecule has 8 heteroatoms. The van der Waals surface area contributed by atoms with Crippen molar-refractivity contribution in [1.29, 1.82) is 0 Å². The van der Waals surface area contributed by atoms with Gasteiger partial charge < -0.3 is 10.0 Å². The van der Waals surface area contributed by atoms with Crippen LogP contribution < -0.4 is 4.72 Å². The number of carbonyl (C=O) groups is 2. The predicted octanol–water partition coefficient (Wildman–Crippen LogP) is 1.65. The minimum absolute atomic E-state index is 0.0324. The molecule has 2 N–H and O–H groups in total. The summed E-state index contributed by atoms with van der Waals surface area (Å²) in [5.41, 5.74) is 2.71. The fraction of sp³-hybridized carbons (Fsp3) is 0.263. The second kappa shape index (κ2) is 8.41. The number of fused-ring (bicyclic) bond motifs is 1. The summed E-state index contributed by atoms with van der Waals surface area (Å²) < 4.78 is 27.7. The Morgan fingerprint density at radius 3 is 2.63 bits per heavy atom. The second-order valence-corrected chi connectivity index (χ2v) is 7.53. The maximum Gasteiger partial charge on any atom is 0.307 e. The molecule has 0 bridgehead atoms. The van der Waals surface area contributed by atoms with E-state index in [-0.39, 0.29) is 18.9 Å². The molecule has 1 unspecified atom stereocenters. The zero-order valence-corrected chi connectivity index (χ0v) is 15.3. The zero-order valence-electron chi connectivity index (χ0n) is 14.5. The summed E-state index contributed by atoms with van der Waals surface area (Å²) in [6.07, 6.45) is 0.556. The van der Waals surface area contributed by atoms with Crippen LogP contribution >= 0.6 is 0 Å². The first-order chi connectivity index (χ1) is 12.9. The van der Waals surface area contributed by atoms with E-state index in [1.54, 1.807) is 17.0 Å². The highest BCUT2D eigenvalue weighted by molar-refractivity contribution is 7.83. The fourth-order valence-corrected chi connectivity index (χ4v) is 3.92. The SMILES string of the molecule is O=C(O)Cc1cccc2c1CCN(C(=O)CNS(=O)c1ccc(F)cc1)C2. The van der Waals surface area contributed by atoms with Crippen molar-refractivity contribution < 1.29 is 23.3 Å². The number of nitrogens with zero attached hydrogens (tertiary/aromatic N) is 1. The molecular weight excluding hydrogens is 371 g/mol. The number of carboxylic acid groups (broad SMARTS) is 1. The topological polar surface area (TPSA) is 86.7 Å². The van der Waals surface area contributed by atoms with Gasteiger partial charge in [0.05, 0.1) is 17.9 Å². The molecule has 0 saturated carbocycles. The predicted molar refractivity (Wildman–Crippen MR) is 97.7 cm³/mol. The van der Waals surface area contributed by atoms with Crippen molar-refractivity contribution in [2.45, 2.75) is 24.3 Å². The number of nitrogens with one attached hydrogen (secondary N) is 1. The molecule has 1 aliphatic heterocycles. The van der Waals surface area contributed by atoms with Crippen LogP contribution in [-0.4, -0.2) is 39.2 Å². The molecule has 6 nitrogen and oxygen atoms in total. The molecule has 1 atom stereocenters. The van der Waals surface area contributed by atoms with Crippen molar-refractivity contribution in [3.05, 3.63) is 65.0 Å². The van der Waals surface area contributed by atoms with Crippen LogP contribution in [0.1, 0.15) is 16.7 Å². The van der Waals surface area contributed by atoms with E-state index in [4.69, 9.17) is 5.11 Å². The van der Waals surface area contributed by atoms with Crippen molar-refractivity contribution in [3.8, 4) is 0 Å². The van der Waals surface area contributed by atoms with Crippen LogP contribution in [0.25, 0.3) is 0 Å². The highest BCUT2D eigenvalue weighted by atomic mass is 32.2. The van der Waals surface area contributed by atoms with Crippen molar-refractivity contribution in [2.24, 2.45) is 0 Å². The molecule has 2 aromatic rings. The maximum absolute atomic E-state index is 12.9. The van der Waals surface area contributed by atoms with Gasteiger partial charge in [0.25, 0.3) is 0 Å². The Bertz CT molecular complexity index is 886. The number of hydrogen-bond acceptors (Lipinski definition) is 3. The van der Waals surface area contributed by atoms with E-state index in [9.17, 15) is 18.2 Å². The molecule has 1 aliphatic rings. The smallest absolute Gasteiger partial charge is 0.307 e. The lowest BCUT2D eigenvalue weighted by atomic mass is 9.93. The molecule has 3 rings (SSSR count). The molecule has 2 aromatic carbocycles. The van der Waals surface area contributed by atoms with Gasteiger partial charge in [0.1, 0.15) is 16.8 Å². The number of halogens is 1. The second-order valence-electron chi connectivity index (χ2n) is 6.23. The van der Waals surface area contributed by atoms with E-state index in [0.717, 1.165) is 16.7 Å². The molecule has 27 heavy (non-hydrogen) atoms. The lowest BCUT2D eigenvalue weighted by Gasteiger charge is -2.30. The van der Waals surface area contributed by atoms with Crippen molar-refractivity contribution >= 4 is 22.9 Å². The molecule has 0 spiro atoms. The maximum atomic E-state index is 12.9. The standard InChI is InChI=1S/C19H19FN2O4S/c20-15-4-6-16(7-5-15)27(26)21-11-18(23)22-9-8-17-13(10-19(24)25)2-1-3-14(17)12-22/h1-7,21H,8-12H2,(H,24,25). The lowest BCUT2D eigenvalue weighted by Crippen LogP contribution is -2.41. The van der Waals surface area contributed by atoms with E-state index >= 15 is 0 Å². The van der Waals surface area contributed by atoms with Crippen LogP contribution in [-0.2, 0) is 40.0 Å². The first-order valence-electron chi connectivity index (χ1n) is 8.44. The lowest BCUT2D eigenvalue weighted by molar-refractivity contribution is -0.136. The Morgan fingerprint density at radius 2 is 1.93 bits per heavy atom. The summed E-state index contributed by atoms with van der Waals surface area (Å²) in [5.74, 6) is -1.49. The molecule has 1 amide bonds. The number of hydrogen-bond donors (Lipinski definition) is 2. The quantitative estimate of drug-likeness (QED) is 0.785. The molecule has 0 aliphatic carbocycles. The van der Waals surface area contributed by atoms with Gasteiger partial charge >= 0.3 is 5.97 Å². The summed E-state index contributed by atoms with van der Waals surface area (Å²) in [6.45, 7) is 0.772. The number of amides is 1. The summed E-state index contributed by atoms with van der Waals surface area (Å²) in [5, 5.41) is 9.02. The van der Waals surface area contributed by atoms with Gasteiger partial charge in [0.15, 0.2) is 0 Å². The Morgan fingerprint density at radius 1 is 1.19 bits per heavy atom. The van der Waals surface area contributed by atoms with Crippen molar-refractivity contribution in [1.82, 2.24) is 9.62 Å². The third-order valence-corrected chi connectivity index (χ3v) is 5.55. The van der Waals surface area contributed by atoms with Gasteiger partial charge in [-0.25, -0.2) is 13.3 Å². The van der Waals surface area contributed by atoms with Crippen LogP contribution in [0, 0.1) is 5.82 Å². The molecule has 0 fully saturated rings. The van der Waals surface area contributed by atoms with E-state index in [2.05, 4.69) is 4.72 Å². The Balaban J connectivity index is 1.60. The van der Waals surface area contributed by atoms with Gasteiger partial charge in [-0.3, -0.25) is 9.59 Å². The monoisotopic (exact) mass is 390 g/mol. The zero-order chi connectivity index (χ0) is 19.4. The van der Waals surface area contributed by atoms with Gasteiger partial charge in [-0.2, -0.15) is 0 Å². The molecule has 1 heterocycles. The number of aliphatic carboxylic acids is 1. The Kier molecular flexibility index (Phi) is 5.98. The third-order valence-electron chi connectivity index (χ3n) is 4.44. The average Bonchev–Trinajstić information content (AvgIpc) is 2.65. The molecule has 0 aromatic heterocycles. The third kappa shape index (κ3) is 4.78. The summed E-state index contributed by atoms with van der Waals surface area (Å²) in [7, 11) is -1.60. The van der Waals surface area contributed by atoms with Crippen LogP contribution in [0.3, 0.4) is 0 Å². The summed E-state index contributed by atoms with van der Waals surface area (Å²) >= 11 is 0. The average molecular weight is 390 g/mol. The fourth-order valence-electron chi connectivity index (χ4n) is 3.11. The van der Waals surface area contributed by atoms with Crippen LogP contribution in [0.4, 0.5) is 4.39 Å². The Labute approximate surface area is 158 Å². The molecule has 142 valence electrons. The largest absolute Gasteiger partial charge is 0.481 e. The van der Waals surface area contributed by atoms with Crippen LogP contribution in [0.5, 0.6) is 0 Å². The van der Waals surface area contributed by atoms with Crippen molar-refractivity contribution in [3.63, 3.8) is 0 Å². The summed E-state index contributed by atoms with van der Waals surface area (Å²) in [6, 6.07) is 10.7. The number of benzene rings is 2.